The van der Waals surface area contributed by atoms with Gasteiger partial charge in [0.2, 0.25) is 12.2 Å². The zero-order chi connectivity index (χ0) is 37.6. The Kier molecular flexibility index (Phi) is 10.2. The number of benzene rings is 3. The summed E-state index contributed by atoms with van der Waals surface area (Å²) in [6.45, 7) is -2.04. The average Bonchev–Trinajstić information content (AvgIpc) is 3.58. The van der Waals surface area contributed by atoms with E-state index in [0.29, 0.717) is 11.3 Å². The number of amides is 1. The van der Waals surface area contributed by atoms with Gasteiger partial charge in [0, 0.05) is 47.4 Å². The minimum absolute atomic E-state index is 0.0106. The van der Waals surface area contributed by atoms with Gasteiger partial charge in [-0.2, -0.15) is 0 Å². The van der Waals surface area contributed by atoms with Crippen molar-refractivity contribution >= 4 is 23.2 Å². The topological polar surface area (TPSA) is 266 Å². The molecule has 0 aromatic heterocycles. The highest BCUT2D eigenvalue weighted by molar-refractivity contribution is 6.29. The van der Waals surface area contributed by atoms with Crippen LogP contribution in [0.5, 0.6) is 11.5 Å². The van der Waals surface area contributed by atoms with Crippen molar-refractivity contribution in [2.75, 3.05) is 38.0 Å². The van der Waals surface area contributed by atoms with Crippen LogP contribution in [-0.4, -0.2) is 130 Å². The lowest BCUT2D eigenvalue weighted by atomic mass is 9.81. The molecule has 282 valence electrons. The molecule has 11 N–H and O–H groups in total. The maximum atomic E-state index is 14.2. The van der Waals surface area contributed by atoms with Gasteiger partial charge in [-0.15, -0.1) is 0 Å². The number of carbonyl (C=O) groups excluding carboxylic acids is 3. The molecule has 7 rings (SSSR count). The summed E-state index contributed by atoms with van der Waals surface area (Å²) in [6, 6.07) is 14.4. The molecule has 53 heavy (non-hydrogen) atoms. The van der Waals surface area contributed by atoms with Crippen molar-refractivity contribution in [2.24, 2.45) is 5.73 Å². The molecule has 1 aliphatic carbocycles. The summed E-state index contributed by atoms with van der Waals surface area (Å²) in [7, 11) is 0. The zero-order valence-corrected chi connectivity index (χ0v) is 28.3. The molecule has 0 saturated carbocycles. The summed E-state index contributed by atoms with van der Waals surface area (Å²) in [4.78, 5) is 42.9. The number of aliphatic hydroxyl groups excluding tert-OH is 5. The second-order valence-electron chi connectivity index (χ2n) is 13.3. The number of nitrogens with two attached hydrogens (primary N) is 1. The molecule has 3 saturated heterocycles. The number of ketones is 2. The second kappa shape index (κ2) is 14.7. The number of hydrogen-bond donors (Lipinski definition) is 10. The first-order valence-electron chi connectivity index (χ1n) is 17.2. The Bertz CT molecular complexity index is 1910. The van der Waals surface area contributed by atoms with Gasteiger partial charge in [-0.1, -0.05) is 42.5 Å². The molecule has 4 aliphatic rings. The van der Waals surface area contributed by atoms with E-state index in [4.69, 9.17) is 19.9 Å². The number of nitrogens with one attached hydrogen (secondary N) is 3. The summed E-state index contributed by atoms with van der Waals surface area (Å²) in [5.41, 5.74) is 5.25. The number of hydrogen-bond acceptors (Lipinski definition) is 16. The maximum Gasteiger partial charge on any atom is 0.242 e. The molecule has 3 aromatic rings. The number of fused-ring (bicyclic) bond motifs is 3. The summed E-state index contributed by atoms with van der Waals surface area (Å²) < 4.78 is 18.2. The highest BCUT2D eigenvalue weighted by Crippen LogP contribution is 2.46. The average molecular weight is 736 g/mol. The first-order chi connectivity index (χ1) is 25.5. The molecule has 0 radical (unpaired) electrons. The van der Waals surface area contributed by atoms with Crippen LogP contribution in [0, 0.1) is 0 Å². The molecule has 1 amide bonds. The molecule has 0 bridgehead atoms. The van der Waals surface area contributed by atoms with E-state index in [-0.39, 0.29) is 64.9 Å². The summed E-state index contributed by atoms with van der Waals surface area (Å²) in [5.74, 6) is -1.80. The lowest BCUT2D eigenvalue weighted by Crippen LogP contribution is -2.70. The Balaban J connectivity index is 1.40. The minimum atomic E-state index is -2.45. The van der Waals surface area contributed by atoms with E-state index in [2.05, 4.69) is 16.0 Å². The van der Waals surface area contributed by atoms with Crippen LogP contribution >= 0.6 is 0 Å². The van der Waals surface area contributed by atoms with Crippen LogP contribution < -0.4 is 36.1 Å². The van der Waals surface area contributed by atoms with Crippen LogP contribution in [0.15, 0.2) is 54.6 Å². The van der Waals surface area contributed by atoms with Gasteiger partial charge in [-0.05, 0) is 17.7 Å². The first kappa shape index (κ1) is 36.8. The molecule has 3 fully saturated rings. The fourth-order valence-corrected chi connectivity index (χ4v) is 7.49. The molecule has 3 heterocycles. The molecule has 0 spiro atoms. The quantitative estimate of drug-likeness (QED) is 0.0756. The van der Waals surface area contributed by atoms with Crippen LogP contribution in [0.2, 0.25) is 0 Å². The smallest absolute Gasteiger partial charge is 0.242 e. The van der Waals surface area contributed by atoms with Crippen molar-refractivity contribution in [2.45, 2.75) is 61.5 Å². The SMILES string of the molecule is NC1NC(=O)C2NCN(c3ccccc3Cc3cc4c(c(OCCO)c3OC3OC(CO)C(O)C(O)C3(O)CCO)C(=O)c3ccccc3C4=O)C2N1. The highest BCUT2D eigenvalue weighted by atomic mass is 16.7. The molecule has 3 aromatic carbocycles. The molecule has 8 unspecified atom stereocenters. The maximum absolute atomic E-state index is 14.2. The van der Waals surface area contributed by atoms with E-state index in [1.807, 2.05) is 17.0 Å². The molecule has 17 heteroatoms. The van der Waals surface area contributed by atoms with Crippen LogP contribution in [0.25, 0.3) is 0 Å². The van der Waals surface area contributed by atoms with Gasteiger partial charge in [0.25, 0.3) is 0 Å². The van der Waals surface area contributed by atoms with Crippen LogP contribution in [0.4, 0.5) is 5.69 Å². The van der Waals surface area contributed by atoms with Crippen molar-refractivity contribution in [1.29, 1.82) is 0 Å². The zero-order valence-electron chi connectivity index (χ0n) is 28.3. The Hall–Kier alpha value is -4.53. The largest absolute Gasteiger partial charge is 0.486 e. The van der Waals surface area contributed by atoms with E-state index in [9.17, 15) is 45.0 Å². The van der Waals surface area contributed by atoms with Crippen LogP contribution in [-0.2, 0) is 16.0 Å². The highest BCUT2D eigenvalue weighted by Gasteiger charge is 2.56. The van der Waals surface area contributed by atoms with Gasteiger partial charge in [0.15, 0.2) is 28.7 Å². The molecule has 3 aliphatic heterocycles. The predicted octanol–water partition coefficient (Wildman–Crippen LogP) is -2.62. The molecular formula is C36H41N5O12. The van der Waals surface area contributed by atoms with E-state index in [1.165, 1.54) is 18.2 Å². The van der Waals surface area contributed by atoms with Crippen molar-refractivity contribution < 1.29 is 59.2 Å². The Morgan fingerprint density at radius 1 is 0.925 bits per heavy atom. The number of rotatable bonds is 11. The number of anilines is 1. The molecule has 8 atom stereocenters. The third-order valence-electron chi connectivity index (χ3n) is 10.1. The van der Waals surface area contributed by atoms with E-state index >= 15 is 0 Å². The minimum Gasteiger partial charge on any atom is -0.486 e. The Morgan fingerprint density at radius 3 is 2.36 bits per heavy atom. The van der Waals surface area contributed by atoms with Crippen LogP contribution in [0.1, 0.15) is 49.4 Å². The second-order valence-corrected chi connectivity index (χ2v) is 13.3. The third-order valence-corrected chi connectivity index (χ3v) is 10.1. The monoisotopic (exact) mass is 735 g/mol. The fraction of sp³-hybridized carbons (Fsp3) is 0.417. The number of carbonyl (C=O) groups is 3. The normalized spacial score (nSPS) is 29.3. The van der Waals surface area contributed by atoms with E-state index < -0.39 is 86.5 Å². The molecule has 17 nitrogen and oxygen atoms in total. The van der Waals surface area contributed by atoms with E-state index in [1.54, 1.807) is 24.3 Å². The summed E-state index contributed by atoms with van der Waals surface area (Å²) in [5, 5.41) is 72.2. The van der Waals surface area contributed by atoms with Gasteiger partial charge in [0.05, 0.1) is 25.4 Å². The summed E-state index contributed by atoms with van der Waals surface area (Å²) >= 11 is 0. The van der Waals surface area contributed by atoms with Gasteiger partial charge < -0.3 is 55.1 Å². The Labute approximate surface area is 302 Å². The number of nitrogens with zero attached hydrogens (tertiary/aromatic N) is 1. The van der Waals surface area contributed by atoms with Crippen molar-refractivity contribution in [1.82, 2.24) is 16.0 Å². The van der Waals surface area contributed by atoms with Gasteiger partial charge in [0.1, 0.15) is 43.4 Å². The predicted molar refractivity (Wildman–Crippen MR) is 184 cm³/mol. The van der Waals surface area contributed by atoms with Crippen molar-refractivity contribution in [3.8, 4) is 11.5 Å². The molecular weight excluding hydrogens is 694 g/mol. The number of ether oxygens (including phenoxy) is 3. The van der Waals surface area contributed by atoms with Crippen LogP contribution in [0.3, 0.4) is 0 Å². The lowest BCUT2D eigenvalue weighted by molar-refractivity contribution is -0.323. The van der Waals surface area contributed by atoms with Gasteiger partial charge >= 0.3 is 0 Å². The summed E-state index contributed by atoms with van der Waals surface area (Å²) in [6.07, 6.45) is -8.93. The standard InChI is InChI=1S/C36H41N5O12/c37-35-39-32-25(33(49)40-35)38-16-41(32)22-8-4-1-5-17(22)13-18-14-21-24(27(46)20-7-3-2-6-19(20)26(21)45)30(51-12-11-43)29(18)53-34-36(50,9-10-42)31(48)28(47)23(15-44)52-34/h1-8,14,23,25,28,31-32,34-35,38-39,42-44,47-48,50H,9-13,15-16,37H2,(H,40,49). The Morgan fingerprint density at radius 2 is 1.64 bits per heavy atom. The number of para-hydroxylation sites is 1. The first-order valence-corrected chi connectivity index (χ1v) is 17.2. The van der Waals surface area contributed by atoms with Crippen molar-refractivity contribution in [3.05, 3.63) is 88.0 Å². The van der Waals surface area contributed by atoms with Gasteiger partial charge in [-0.25, -0.2) is 0 Å². The van der Waals surface area contributed by atoms with E-state index in [0.717, 1.165) is 0 Å². The lowest BCUT2D eigenvalue weighted by Gasteiger charge is -2.47. The number of aliphatic hydroxyl groups is 6. The third kappa shape index (κ3) is 6.33. The van der Waals surface area contributed by atoms with Gasteiger partial charge in [-0.3, -0.25) is 30.8 Å². The van der Waals surface area contributed by atoms with Crippen molar-refractivity contribution in [3.63, 3.8) is 0 Å². The fourth-order valence-electron chi connectivity index (χ4n) is 7.49.